The molecule has 20 heavy (non-hydrogen) atoms. The molecule has 1 heterocycles. The molecule has 0 radical (unpaired) electrons. The number of nitrogens with one attached hydrogen (secondary N) is 1. The van der Waals surface area contributed by atoms with Gasteiger partial charge in [0, 0.05) is 6.54 Å². The minimum Gasteiger partial charge on any atom is -0.414 e. The van der Waals surface area contributed by atoms with Crippen molar-refractivity contribution < 1.29 is 9.21 Å². The van der Waals surface area contributed by atoms with Crippen molar-refractivity contribution in [2.24, 2.45) is 5.92 Å². The number of hydrogen-bond acceptors (Lipinski definition) is 6. The first-order valence-corrected chi connectivity index (χ1v) is 7.81. The SMILES string of the molecule is CCC(c1nnc(SCC(=O)NCC(C)C)o1)N(C)C. The lowest BCUT2D eigenvalue weighted by atomic mass is 10.2. The molecule has 6 nitrogen and oxygen atoms in total. The van der Waals surface area contributed by atoms with Crippen molar-refractivity contribution in [1.82, 2.24) is 20.4 Å². The fraction of sp³-hybridized carbons (Fsp3) is 0.769. The summed E-state index contributed by atoms with van der Waals surface area (Å²) in [5.74, 6) is 1.34. The zero-order valence-electron chi connectivity index (χ0n) is 12.8. The van der Waals surface area contributed by atoms with E-state index < -0.39 is 0 Å². The summed E-state index contributed by atoms with van der Waals surface area (Å²) >= 11 is 1.27. The molecule has 0 aliphatic rings. The van der Waals surface area contributed by atoms with Gasteiger partial charge >= 0.3 is 0 Å². The third-order valence-electron chi connectivity index (χ3n) is 2.75. The van der Waals surface area contributed by atoms with Crippen LogP contribution in [0.25, 0.3) is 0 Å². The molecular formula is C13H24N4O2S. The van der Waals surface area contributed by atoms with Gasteiger partial charge in [0.15, 0.2) is 0 Å². The Bertz CT molecular complexity index is 420. The van der Waals surface area contributed by atoms with E-state index in [4.69, 9.17) is 4.42 Å². The highest BCUT2D eigenvalue weighted by molar-refractivity contribution is 7.99. The molecule has 1 aromatic heterocycles. The van der Waals surface area contributed by atoms with Crippen molar-refractivity contribution in [3.05, 3.63) is 5.89 Å². The van der Waals surface area contributed by atoms with E-state index in [0.29, 0.717) is 29.3 Å². The first-order valence-electron chi connectivity index (χ1n) is 6.83. The smallest absolute Gasteiger partial charge is 0.277 e. The molecule has 0 aromatic carbocycles. The quantitative estimate of drug-likeness (QED) is 0.740. The second kappa shape index (κ2) is 8.26. The number of thioether (sulfide) groups is 1. The zero-order chi connectivity index (χ0) is 15.1. The normalized spacial score (nSPS) is 12.9. The molecule has 0 saturated heterocycles. The summed E-state index contributed by atoms with van der Waals surface area (Å²) in [5, 5.41) is 11.3. The molecule has 1 unspecified atom stereocenters. The van der Waals surface area contributed by atoms with Crippen LogP contribution in [0.15, 0.2) is 9.64 Å². The highest BCUT2D eigenvalue weighted by Crippen LogP contribution is 2.24. The largest absolute Gasteiger partial charge is 0.414 e. The predicted molar refractivity (Wildman–Crippen MR) is 79.6 cm³/mol. The van der Waals surface area contributed by atoms with E-state index in [2.05, 4.69) is 36.3 Å². The van der Waals surface area contributed by atoms with Gasteiger partial charge in [-0.25, -0.2) is 0 Å². The van der Waals surface area contributed by atoms with E-state index >= 15 is 0 Å². The number of aromatic nitrogens is 2. The predicted octanol–water partition coefficient (Wildman–Crippen LogP) is 1.95. The highest BCUT2D eigenvalue weighted by Gasteiger charge is 2.19. The second-order valence-electron chi connectivity index (χ2n) is 5.28. The molecular weight excluding hydrogens is 276 g/mol. The van der Waals surface area contributed by atoms with Crippen LogP contribution in [0.2, 0.25) is 0 Å². The number of hydrogen-bond donors (Lipinski definition) is 1. The van der Waals surface area contributed by atoms with Crippen LogP contribution in [0.4, 0.5) is 0 Å². The van der Waals surface area contributed by atoms with E-state index in [1.54, 1.807) is 0 Å². The lowest BCUT2D eigenvalue weighted by Crippen LogP contribution is -2.28. The van der Waals surface area contributed by atoms with Crippen molar-refractivity contribution in [1.29, 1.82) is 0 Å². The van der Waals surface area contributed by atoms with Gasteiger partial charge in [0.1, 0.15) is 0 Å². The summed E-state index contributed by atoms with van der Waals surface area (Å²) < 4.78 is 5.59. The number of carbonyl (C=O) groups is 1. The van der Waals surface area contributed by atoms with Crippen LogP contribution in [0, 0.1) is 5.92 Å². The summed E-state index contributed by atoms with van der Waals surface area (Å²) in [4.78, 5) is 13.6. The zero-order valence-corrected chi connectivity index (χ0v) is 13.7. The van der Waals surface area contributed by atoms with E-state index in [1.807, 2.05) is 19.0 Å². The van der Waals surface area contributed by atoms with Crippen LogP contribution in [0.1, 0.15) is 39.1 Å². The van der Waals surface area contributed by atoms with Gasteiger partial charge in [0.2, 0.25) is 11.8 Å². The summed E-state index contributed by atoms with van der Waals surface area (Å²) in [6.07, 6.45) is 0.897. The Morgan fingerprint density at radius 3 is 2.65 bits per heavy atom. The maximum Gasteiger partial charge on any atom is 0.277 e. The van der Waals surface area contributed by atoms with Crippen LogP contribution in [0.5, 0.6) is 0 Å². The Kier molecular flexibility index (Phi) is 7.01. The number of carbonyl (C=O) groups excluding carboxylic acids is 1. The molecule has 1 atom stereocenters. The van der Waals surface area contributed by atoms with Crippen molar-refractivity contribution >= 4 is 17.7 Å². The van der Waals surface area contributed by atoms with Gasteiger partial charge < -0.3 is 9.73 Å². The fourth-order valence-corrected chi connectivity index (χ4v) is 2.27. The average molecular weight is 300 g/mol. The Morgan fingerprint density at radius 2 is 2.10 bits per heavy atom. The van der Waals surface area contributed by atoms with Crippen LogP contribution in [0.3, 0.4) is 0 Å². The molecule has 0 bridgehead atoms. The highest BCUT2D eigenvalue weighted by atomic mass is 32.2. The minimum atomic E-state index is -0.0110. The molecule has 7 heteroatoms. The van der Waals surface area contributed by atoms with Gasteiger partial charge in [-0.15, -0.1) is 10.2 Å². The summed E-state index contributed by atoms with van der Waals surface area (Å²) in [5.41, 5.74) is 0. The van der Waals surface area contributed by atoms with E-state index in [9.17, 15) is 4.79 Å². The maximum atomic E-state index is 11.6. The van der Waals surface area contributed by atoms with Crippen LogP contribution < -0.4 is 5.32 Å². The van der Waals surface area contributed by atoms with Gasteiger partial charge in [0.05, 0.1) is 11.8 Å². The van der Waals surface area contributed by atoms with Crippen molar-refractivity contribution in [2.45, 2.75) is 38.5 Å². The van der Waals surface area contributed by atoms with Crippen molar-refractivity contribution in [3.8, 4) is 0 Å². The molecule has 114 valence electrons. The van der Waals surface area contributed by atoms with Crippen LogP contribution in [-0.4, -0.2) is 47.4 Å². The molecule has 1 rings (SSSR count). The molecule has 1 aromatic rings. The lowest BCUT2D eigenvalue weighted by Gasteiger charge is -2.18. The maximum absolute atomic E-state index is 11.6. The van der Waals surface area contributed by atoms with Gasteiger partial charge in [-0.2, -0.15) is 0 Å². The van der Waals surface area contributed by atoms with Crippen molar-refractivity contribution in [2.75, 3.05) is 26.4 Å². The molecule has 0 aliphatic carbocycles. The van der Waals surface area contributed by atoms with Crippen molar-refractivity contribution in [3.63, 3.8) is 0 Å². The third kappa shape index (κ3) is 5.50. The molecule has 0 aliphatic heterocycles. The molecule has 1 amide bonds. The Hall–Kier alpha value is -1.08. The standard InChI is InChI=1S/C13H24N4O2S/c1-6-10(17(4)5)12-15-16-13(19-12)20-8-11(18)14-7-9(2)3/h9-10H,6-8H2,1-5H3,(H,14,18). The van der Waals surface area contributed by atoms with E-state index in [-0.39, 0.29) is 11.9 Å². The molecule has 1 N–H and O–H groups in total. The third-order valence-corrected chi connectivity index (χ3v) is 3.57. The Labute approximate surface area is 124 Å². The van der Waals surface area contributed by atoms with E-state index in [1.165, 1.54) is 11.8 Å². The van der Waals surface area contributed by atoms with Crippen LogP contribution in [-0.2, 0) is 4.79 Å². The average Bonchev–Trinajstić information content (AvgIpc) is 2.83. The summed E-state index contributed by atoms with van der Waals surface area (Å²) in [6, 6.07) is 0.117. The monoisotopic (exact) mass is 300 g/mol. The molecule has 0 saturated carbocycles. The van der Waals surface area contributed by atoms with Gasteiger partial charge in [-0.1, -0.05) is 32.5 Å². The Balaban J connectivity index is 2.46. The first-order chi connectivity index (χ1) is 9.43. The summed E-state index contributed by atoms with van der Waals surface area (Å²) in [7, 11) is 3.95. The fourth-order valence-electron chi connectivity index (χ4n) is 1.67. The minimum absolute atomic E-state index is 0.0110. The van der Waals surface area contributed by atoms with Crippen LogP contribution >= 0.6 is 11.8 Å². The molecule has 0 spiro atoms. The van der Waals surface area contributed by atoms with Gasteiger partial charge in [-0.05, 0) is 26.4 Å². The summed E-state index contributed by atoms with van der Waals surface area (Å²) in [6.45, 7) is 6.88. The molecule has 0 fully saturated rings. The lowest BCUT2D eigenvalue weighted by molar-refractivity contribution is -0.118. The van der Waals surface area contributed by atoms with E-state index in [0.717, 1.165) is 6.42 Å². The number of rotatable bonds is 8. The first kappa shape index (κ1) is 17.0. The second-order valence-corrected chi connectivity index (χ2v) is 6.21. The van der Waals surface area contributed by atoms with Gasteiger partial charge in [-0.3, -0.25) is 9.69 Å². The topological polar surface area (TPSA) is 71.3 Å². The van der Waals surface area contributed by atoms with Gasteiger partial charge in [0.25, 0.3) is 5.22 Å². The Morgan fingerprint density at radius 1 is 1.40 bits per heavy atom. The number of amides is 1. The number of nitrogens with zero attached hydrogens (tertiary/aromatic N) is 3.